The molecule has 3 aromatic rings. The molecule has 184 valence electrons. The molecule has 36 heavy (non-hydrogen) atoms. The monoisotopic (exact) mass is 482 g/mol. The molecule has 0 unspecified atom stereocenters. The van der Waals surface area contributed by atoms with E-state index in [4.69, 9.17) is 0 Å². The number of amides is 1. The maximum Gasteiger partial charge on any atom is 0.256 e. The van der Waals surface area contributed by atoms with Gasteiger partial charge >= 0.3 is 0 Å². The molecule has 0 atom stereocenters. The first kappa shape index (κ1) is 23.7. The molecular formula is C27H30N8O. The van der Waals surface area contributed by atoms with Crippen LogP contribution >= 0.6 is 0 Å². The van der Waals surface area contributed by atoms with Crippen molar-refractivity contribution in [2.75, 3.05) is 17.2 Å². The molecule has 5 rings (SSSR count). The molecule has 1 fully saturated rings. The van der Waals surface area contributed by atoms with Crippen LogP contribution in [0, 0.1) is 11.3 Å². The number of benzene rings is 1. The molecule has 1 saturated carbocycles. The van der Waals surface area contributed by atoms with Crippen molar-refractivity contribution in [3.8, 4) is 6.07 Å². The van der Waals surface area contributed by atoms with Crippen molar-refractivity contribution in [1.82, 2.24) is 25.6 Å². The number of anilines is 4. The van der Waals surface area contributed by atoms with Crippen molar-refractivity contribution in [2.45, 2.75) is 57.5 Å². The Labute approximate surface area is 210 Å². The molecular weight excluding hydrogens is 452 g/mol. The van der Waals surface area contributed by atoms with Crippen molar-refractivity contribution >= 4 is 29.0 Å². The van der Waals surface area contributed by atoms with E-state index < -0.39 is 5.41 Å². The minimum absolute atomic E-state index is 0.0326. The number of nitriles is 1. The summed E-state index contributed by atoms with van der Waals surface area (Å²) in [6, 6.07) is 12.3. The summed E-state index contributed by atoms with van der Waals surface area (Å²) in [5.74, 6) is 0.501. The first-order valence-corrected chi connectivity index (χ1v) is 12.4. The number of aromatic nitrogens is 3. The van der Waals surface area contributed by atoms with Crippen LogP contribution in [-0.4, -0.2) is 33.4 Å². The van der Waals surface area contributed by atoms with E-state index in [0.717, 1.165) is 50.2 Å². The van der Waals surface area contributed by atoms with Crippen LogP contribution in [0.2, 0.25) is 0 Å². The first-order chi connectivity index (χ1) is 17.5. The van der Waals surface area contributed by atoms with Crippen LogP contribution < -0.4 is 21.3 Å². The fraction of sp³-hybridized carbons (Fsp3) is 0.370. The quantitative estimate of drug-likeness (QED) is 0.397. The van der Waals surface area contributed by atoms with Gasteiger partial charge in [-0.15, -0.1) is 0 Å². The molecule has 0 spiro atoms. The minimum Gasteiger partial charge on any atom is -0.350 e. The zero-order valence-corrected chi connectivity index (χ0v) is 20.6. The van der Waals surface area contributed by atoms with Crippen LogP contribution in [0.3, 0.4) is 0 Å². The molecule has 1 aliphatic carbocycles. The van der Waals surface area contributed by atoms with E-state index in [1.165, 1.54) is 17.3 Å². The molecule has 2 aromatic heterocycles. The van der Waals surface area contributed by atoms with Crippen molar-refractivity contribution in [1.29, 1.82) is 5.26 Å². The van der Waals surface area contributed by atoms with Crippen molar-refractivity contribution in [3.63, 3.8) is 0 Å². The van der Waals surface area contributed by atoms with E-state index in [1.807, 2.05) is 32.0 Å². The number of pyridine rings is 1. The molecule has 9 heteroatoms. The maximum absolute atomic E-state index is 12.9. The van der Waals surface area contributed by atoms with Crippen LogP contribution in [0.5, 0.6) is 0 Å². The second-order valence-corrected chi connectivity index (χ2v) is 9.72. The van der Waals surface area contributed by atoms with Gasteiger partial charge in [-0.2, -0.15) is 10.2 Å². The molecule has 1 aliphatic heterocycles. The predicted molar refractivity (Wildman–Crippen MR) is 138 cm³/mol. The molecule has 1 amide bonds. The second kappa shape index (κ2) is 9.91. The zero-order chi connectivity index (χ0) is 25.1. The number of nitrogens with zero attached hydrogens (tertiary/aromatic N) is 4. The third-order valence-corrected chi connectivity index (χ3v) is 6.74. The maximum atomic E-state index is 12.9. The van der Waals surface area contributed by atoms with Crippen molar-refractivity contribution < 1.29 is 4.79 Å². The van der Waals surface area contributed by atoms with E-state index in [2.05, 4.69) is 54.4 Å². The smallest absolute Gasteiger partial charge is 0.256 e. The zero-order valence-electron chi connectivity index (χ0n) is 20.6. The Bertz CT molecular complexity index is 1330. The first-order valence-electron chi connectivity index (χ1n) is 12.4. The number of rotatable bonds is 7. The lowest BCUT2D eigenvalue weighted by molar-refractivity contribution is 0.0943. The highest BCUT2D eigenvalue weighted by atomic mass is 16.1. The number of hydrogen-bond donors (Lipinski definition) is 4. The van der Waals surface area contributed by atoms with Crippen LogP contribution in [0.15, 0.2) is 42.7 Å². The van der Waals surface area contributed by atoms with Gasteiger partial charge in [0.15, 0.2) is 0 Å². The van der Waals surface area contributed by atoms with Crippen molar-refractivity contribution in [3.05, 3.63) is 65.1 Å². The lowest BCUT2D eigenvalue weighted by atomic mass is 9.67. The molecule has 9 nitrogen and oxygen atoms in total. The molecule has 2 aliphatic rings. The van der Waals surface area contributed by atoms with E-state index in [9.17, 15) is 10.1 Å². The Balaban J connectivity index is 1.45. The van der Waals surface area contributed by atoms with E-state index in [0.29, 0.717) is 23.0 Å². The van der Waals surface area contributed by atoms with Gasteiger partial charge in [-0.25, -0.2) is 4.98 Å². The highest BCUT2D eigenvalue weighted by molar-refractivity contribution is 5.99. The normalized spacial score (nSPS) is 15.8. The summed E-state index contributed by atoms with van der Waals surface area (Å²) in [6.45, 7) is 5.65. The standard InChI is InChI=1S/C27H30N8O/c1-17(2)32-25(36)22-15-31-26(34-20-5-4-19-14-29-10-6-18(19)12-20)35-24(22)33-21-7-11-30-23(13-21)27(16-28)8-3-9-27/h4-5,7,11-13,15,17,29H,3,6,8-10,14H2,1-2H3,(H,32,36)(H2,30,31,33,34,35). The fourth-order valence-corrected chi connectivity index (χ4v) is 4.59. The summed E-state index contributed by atoms with van der Waals surface area (Å²) in [4.78, 5) is 26.4. The van der Waals surface area contributed by atoms with Gasteiger partial charge in [0, 0.05) is 36.4 Å². The fourth-order valence-electron chi connectivity index (χ4n) is 4.59. The van der Waals surface area contributed by atoms with E-state index in [1.54, 1.807) is 6.20 Å². The number of fused-ring (bicyclic) bond motifs is 1. The summed E-state index contributed by atoms with van der Waals surface area (Å²) in [6.07, 6.45) is 6.82. The Hall–Kier alpha value is -4.03. The SMILES string of the molecule is CC(C)NC(=O)c1cnc(Nc2ccc3c(c2)CCNC3)nc1Nc1ccnc(C2(C#N)CCC2)c1. The Morgan fingerprint density at radius 3 is 2.69 bits per heavy atom. The predicted octanol–water partition coefficient (Wildman–Crippen LogP) is 4.09. The third kappa shape index (κ3) is 4.86. The van der Waals surface area contributed by atoms with Crippen LogP contribution in [-0.2, 0) is 18.4 Å². The highest BCUT2D eigenvalue weighted by Crippen LogP contribution is 2.42. The molecule has 4 N–H and O–H groups in total. The largest absolute Gasteiger partial charge is 0.350 e. The van der Waals surface area contributed by atoms with Gasteiger partial charge in [-0.1, -0.05) is 6.07 Å². The Kier molecular flexibility index (Phi) is 6.53. The number of carbonyl (C=O) groups is 1. The average Bonchev–Trinajstić information content (AvgIpc) is 2.84. The number of nitrogens with one attached hydrogen (secondary N) is 4. The Morgan fingerprint density at radius 1 is 1.11 bits per heavy atom. The van der Waals surface area contributed by atoms with Gasteiger partial charge < -0.3 is 21.3 Å². The summed E-state index contributed by atoms with van der Waals surface area (Å²) < 4.78 is 0. The number of carbonyl (C=O) groups excluding carboxylic acids is 1. The van der Waals surface area contributed by atoms with Gasteiger partial charge in [-0.05, 0) is 81.5 Å². The van der Waals surface area contributed by atoms with Crippen LogP contribution in [0.4, 0.5) is 23.1 Å². The summed E-state index contributed by atoms with van der Waals surface area (Å²) in [5.41, 5.74) is 4.76. The van der Waals surface area contributed by atoms with E-state index >= 15 is 0 Å². The topological polar surface area (TPSA) is 128 Å². The van der Waals surface area contributed by atoms with Gasteiger partial charge in [0.1, 0.15) is 11.4 Å². The van der Waals surface area contributed by atoms with Gasteiger partial charge in [-0.3, -0.25) is 9.78 Å². The molecule has 1 aromatic carbocycles. The average molecular weight is 483 g/mol. The van der Waals surface area contributed by atoms with Crippen LogP contribution in [0.1, 0.15) is 60.3 Å². The lowest BCUT2D eigenvalue weighted by Gasteiger charge is -2.34. The van der Waals surface area contributed by atoms with Crippen LogP contribution in [0.25, 0.3) is 0 Å². The summed E-state index contributed by atoms with van der Waals surface area (Å²) in [5, 5.41) is 22.6. The molecule has 3 heterocycles. The van der Waals surface area contributed by atoms with Crippen molar-refractivity contribution in [2.24, 2.45) is 0 Å². The highest BCUT2D eigenvalue weighted by Gasteiger charge is 2.40. The van der Waals surface area contributed by atoms with E-state index in [-0.39, 0.29) is 11.9 Å². The molecule has 0 bridgehead atoms. The second-order valence-electron chi connectivity index (χ2n) is 9.72. The molecule has 0 saturated heterocycles. The van der Waals surface area contributed by atoms with Gasteiger partial charge in [0.05, 0.1) is 17.2 Å². The summed E-state index contributed by atoms with van der Waals surface area (Å²) >= 11 is 0. The lowest BCUT2D eigenvalue weighted by Crippen LogP contribution is -2.33. The molecule has 0 radical (unpaired) electrons. The van der Waals surface area contributed by atoms with Gasteiger partial charge in [0.25, 0.3) is 5.91 Å². The van der Waals surface area contributed by atoms with Gasteiger partial charge in [0.2, 0.25) is 5.95 Å². The summed E-state index contributed by atoms with van der Waals surface area (Å²) in [7, 11) is 0. The minimum atomic E-state index is -0.532. The third-order valence-electron chi connectivity index (χ3n) is 6.74. The Morgan fingerprint density at radius 2 is 1.94 bits per heavy atom. The number of hydrogen-bond acceptors (Lipinski definition) is 8.